The molecule has 0 atom stereocenters. The third-order valence-electron chi connectivity index (χ3n) is 3.34. The Morgan fingerprint density at radius 2 is 1.93 bits per heavy atom. The molecule has 1 aromatic carbocycles. The van der Waals surface area contributed by atoms with Crippen molar-refractivity contribution in [1.29, 1.82) is 0 Å². The van der Waals surface area contributed by atoms with E-state index in [0.29, 0.717) is 0 Å². The van der Waals surface area contributed by atoms with Crippen molar-refractivity contribution in [3.05, 3.63) is 29.8 Å². The van der Waals surface area contributed by atoms with Crippen LogP contribution in [0.4, 0.5) is 5.69 Å². The molecule has 0 aromatic heterocycles. The molecule has 0 unspecified atom stereocenters. The van der Waals surface area contributed by atoms with Crippen LogP contribution in [0.2, 0.25) is 0 Å². The average Bonchev–Trinajstić information content (AvgIpc) is 2.29. The first-order valence-electron chi connectivity index (χ1n) is 5.90. The van der Waals surface area contributed by atoms with Crippen LogP contribution in [0, 0.1) is 5.92 Å². The van der Waals surface area contributed by atoms with Crippen LogP contribution in [-0.2, 0) is 6.42 Å². The molecule has 2 nitrogen and oxygen atoms in total. The zero-order valence-corrected chi connectivity index (χ0v) is 9.21. The number of benzene rings is 1. The summed E-state index contributed by atoms with van der Waals surface area (Å²) in [4.78, 5) is 0. The highest BCUT2D eigenvalue weighted by Crippen LogP contribution is 2.21. The molecule has 2 rings (SSSR count). The number of anilines is 1. The van der Waals surface area contributed by atoms with Crippen molar-refractivity contribution >= 4 is 5.69 Å². The SMILES string of the molecule is Nc1ccccc1CCC1CCNCC1. The van der Waals surface area contributed by atoms with E-state index in [4.69, 9.17) is 5.73 Å². The van der Waals surface area contributed by atoms with Crippen LogP contribution in [0.3, 0.4) is 0 Å². The second-order valence-electron chi connectivity index (χ2n) is 4.43. The summed E-state index contributed by atoms with van der Waals surface area (Å²) in [5, 5.41) is 3.40. The Balaban J connectivity index is 1.84. The number of nitrogens with two attached hydrogens (primary N) is 1. The molecule has 82 valence electrons. The summed E-state index contributed by atoms with van der Waals surface area (Å²) in [5.41, 5.74) is 8.19. The van der Waals surface area contributed by atoms with Crippen molar-refractivity contribution in [3.63, 3.8) is 0 Å². The van der Waals surface area contributed by atoms with Gasteiger partial charge >= 0.3 is 0 Å². The van der Waals surface area contributed by atoms with Crippen LogP contribution >= 0.6 is 0 Å². The van der Waals surface area contributed by atoms with Gasteiger partial charge in [-0.25, -0.2) is 0 Å². The molecule has 0 amide bonds. The van der Waals surface area contributed by atoms with Gasteiger partial charge in [0.25, 0.3) is 0 Å². The number of rotatable bonds is 3. The number of nitrogens with one attached hydrogen (secondary N) is 1. The maximum atomic E-state index is 5.92. The number of para-hydroxylation sites is 1. The number of nitrogen functional groups attached to an aromatic ring is 1. The average molecular weight is 204 g/mol. The van der Waals surface area contributed by atoms with Crippen molar-refractivity contribution in [1.82, 2.24) is 5.32 Å². The van der Waals surface area contributed by atoms with Gasteiger partial charge in [-0.15, -0.1) is 0 Å². The lowest BCUT2D eigenvalue weighted by Crippen LogP contribution is -2.27. The zero-order chi connectivity index (χ0) is 10.5. The highest BCUT2D eigenvalue weighted by atomic mass is 14.9. The minimum absolute atomic E-state index is 0.894. The van der Waals surface area contributed by atoms with Gasteiger partial charge in [-0.3, -0.25) is 0 Å². The molecular weight excluding hydrogens is 184 g/mol. The second kappa shape index (κ2) is 5.17. The molecule has 1 aliphatic heterocycles. The highest BCUT2D eigenvalue weighted by molar-refractivity contribution is 5.46. The van der Waals surface area contributed by atoms with Crippen molar-refractivity contribution < 1.29 is 0 Å². The lowest BCUT2D eigenvalue weighted by atomic mass is 9.91. The number of hydrogen-bond acceptors (Lipinski definition) is 2. The summed E-state index contributed by atoms with van der Waals surface area (Å²) < 4.78 is 0. The third-order valence-corrected chi connectivity index (χ3v) is 3.34. The van der Waals surface area contributed by atoms with Gasteiger partial charge in [-0.1, -0.05) is 18.2 Å². The van der Waals surface area contributed by atoms with Gasteiger partial charge < -0.3 is 11.1 Å². The first-order chi connectivity index (χ1) is 7.36. The molecule has 1 heterocycles. The zero-order valence-electron chi connectivity index (χ0n) is 9.21. The Morgan fingerprint density at radius 1 is 1.20 bits per heavy atom. The summed E-state index contributed by atoms with van der Waals surface area (Å²) in [6.45, 7) is 2.38. The largest absolute Gasteiger partial charge is 0.399 e. The summed E-state index contributed by atoms with van der Waals surface area (Å²) >= 11 is 0. The molecule has 1 saturated heterocycles. The Hall–Kier alpha value is -1.02. The van der Waals surface area contributed by atoms with E-state index < -0.39 is 0 Å². The van der Waals surface area contributed by atoms with Gasteiger partial charge in [0.1, 0.15) is 0 Å². The molecule has 2 heteroatoms. The van der Waals surface area contributed by atoms with Gasteiger partial charge in [0.15, 0.2) is 0 Å². The summed E-state index contributed by atoms with van der Waals surface area (Å²) in [6.07, 6.45) is 5.08. The molecule has 3 N–H and O–H groups in total. The first-order valence-corrected chi connectivity index (χ1v) is 5.90. The first kappa shape index (κ1) is 10.5. The molecule has 0 saturated carbocycles. The predicted molar refractivity (Wildman–Crippen MR) is 64.8 cm³/mol. The molecule has 0 radical (unpaired) electrons. The van der Waals surface area contributed by atoms with Gasteiger partial charge in [-0.2, -0.15) is 0 Å². The fourth-order valence-corrected chi connectivity index (χ4v) is 2.29. The molecule has 0 aliphatic carbocycles. The van der Waals surface area contributed by atoms with E-state index in [2.05, 4.69) is 17.4 Å². The van der Waals surface area contributed by atoms with Crippen LogP contribution in [0.5, 0.6) is 0 Å². The van der Waals surface area contributed by atoms with Crippen LogP contribution in [-0.4, -0.2) is 13.1 Å². The Morgan fingerprint density at radius 3 is 2.67 bits per heavy atom. The van der Waals surface area contributed by atoms with Crippen molar-refractivity contribution in [2.45, 2.75) is 25.7 Å². The minimum atomic E-state index is 0.894. The van der Waals surface area contributed by atoms with Gasteiger partial charge in [0.05, 0.1) is 0 Å². The van der Waals surface area contributed by atoms with E-state index >= 15 is 0 Å². The predicted octanol–water partition coefficient (Wildman–Crippen LogP) is 2.20. The molecule has 0 spiro atoms. The standard InChI is InChI=1S/C13H20N2/c14-13-4-2-1-3-12(13)6-5-11-7-9-15-10-8-11/h1-4,11,15H,5-10,14H2. The van der Waals surface area contributed by atoms with Gasteiger partial charge in [0.2, 0.25) is 0 Å². The van der Waals surface area contributed by atoms with E-state index in [1.54, 1.807) is 0 Å². The van der Waals surface area contributed by atoms with Crippen molar-refractivity contribution in [2.75, 3.05) is 18.8 Å². The molecule has 1 fully saturated rings. The maximum Gasteiger partial charge on any atom is 0.0346 e. The number of hydrogen-bond donors (Lipinski definition) is 2. The topological polar surface area (TPSA) is 38.0 Å². The van der Waals surface area contributed by atoms with Crippen molar-refractivity contribution in [3.8, 4) is 0 Å². The van der Waals surface area contributed by atoms with E-state index in [9.17, 15) is 0 Å². The second-order valence-corrected chi connectivity index (χ2v) is 4.43. The normalized spacial score (nSPS) is 17.9. The van der Waals surface area contributed by atoms with E-state index in [1.807, 2.05) is 12.1 Å². The highest BCUT2D eigenvalue weighted by Gasteiger charge is 2.12. The molecule has 15 heavy (non-hydrogen) atoms. The van der Waals surface area contributed by atoms with Crippen molar-refractivity contribution in [2.24, 2.45) is 5.92 Å². The van der Waals surface area contributed by atoms with E-state index in [0.717, 1.165) is 18.0 Å². The smallest absolute Gasteiger partial charge is 0.0346 e. The molecular formula is C13H20N2. The molecule has 1 aromatic rings. The van der Waals surface area contributed by atoms with Gasteiger partial charge in [-0.05, 0) is 56.3 Å². The van der Waals surface area contributed by atoms with Crippen LogP contribution in [0.1, 0.15) is 24.8 Å². The fraction of sp³-hybridized carbons (Fsp3) is 0.538. The summed E-state index contributed by atoms with van der Waals surface area (Å²) in [6, 6.07) is 8.23. The fourth-order valence-electron chi connectivity index (χ4n) is 2.29. The number of piperidine rings is 1. The van der Waals surface area contributed by atoms with E-state index in [1.165, 1.54) is 37.9 Å². The van der Waals surface area contributed by atoms with Gasteiger partial charge in [0, 0.05) is 5.69 Å². The minimum Gasteiger partial charge on any atom is -0.399 e. The van der Waals surface area contributed by atoms with Crippen LogP contribution in [0.25, 0.3) is 0 Å². The monoisotopic (exact) mass is 204 g/mol. The Labute approximate surface area is 91.9 Å². The Kier molecular flexibility index (Phi) is 3.62. The summed E-state index contributed by atoms with van der Waals surface area (Å²) in [7, 11) is 0. The molecule has 0 bridgehead atoms. The number of aryl methyl sites for hydroxylation is 1. The van der Waals surface area contributed by atoms with Crippen LogP contribution in [0.15, 0.2) is 24.3 Å². The Bertz CT molecular complexity index is 303. The lowest BCUT2D eigenvalue weighted by Gasteiger charge is -2.22. The quantitative estimate of drug-likeness (QED) is 0.741. The lowest BCUT2D eigenvalue weighted by molar-refractivity contribution is 0.354. The summed E-state index contributed by atoms with van der Waals surface area (Å²) in [5.74, 6) is 0.894. The molecule has 1 aliphatic rings. The third kappa shape index (κ3) is 2.96. The maximum absolute atomic E-state index is 5.92. The van der Waals surface area contributed by atoms with E-state index in [-0.39, 0.29) is 0 Å². The van der Waals surface area contributed by atoms with Crippen LogP contribution < -0.4 is 11.1 Å².